The number of rotatable bonds is 5. The fourth-order valence-electron chi connectivity index (χ4n) is 2.92. The molecular formula is C17H22F3N5O2. The van der Waals surface area contributed by atoms with Crippen molar-refractivity contribution in [2.45, 2.75) is 32.2 Å². The number of halogens is 3. The molecule has 0 radical (unpaired) electrons. The largest absolute Gasteiger partial charge is 0.416 e. The lowest BCUT2D eigenvalue weighted by Gasteiger charge is -2.22. The van der Waals surface area contributed by atoms with Gasteiger partial charge in [0.2, 0.25) is 5.89 Å². The Labute approximate surface area is 155 Å². The molecule has 1 unspecified atom stereocenters. The smallest absolute Gasteiger partial charge is 0.374 e. The number of aromatic nitrogens is 3. The van der Waals surface area contributed by atoms with Gasteiger partial charge in [-0.3, -0.25) is 4.90 Å². The lowest BCUT2D eigenvalue weighted by atomic mass is 10.2. The molecule has 0 aliphatic carbocycles. The van der Waals surface area contributed by atoms with Gasteiger partial charge in [0.25, 0.3) is 0 Å². The second kappa shape index (κ2) is 8.22. The molecule has 2 aromatic rings. The second-order valence-corrected chi connectivity index (χ2v) is 6.44. The van der Waals surface area contributed by atoms with E-state index < -0.39 is 11.7 Å². The molecule has 1 aliphatic heterocycles. The fourth-order valence-corrected chi connectivity index (χ4v) is 2.92. The van der Waals surface area contributed by atoms with Crippen molar-refractivity contribution in [1.82, 2.24) is 20.0 Å². The third-order valence-corrected chi connectivity index (χ3v) is 4.55. The summed E-state index contributed by atoms with van der Waals surface area (Å²) in [6.45, 7) is 4.99. The van der Waals surface area contributed by atoms with E-state index in [0.29, 0.717) is 43.7 Å². The van der Waals surface area contributed by atoms with Crippen molar-refractivity contribution in [2.24, 2.45) is 0 Å². The number of hydrogen-bond acceptors (Lipinski definition) is 7. The second-order valence-electron chi connectivity index (χ2n) is 6.44. The maximum atomic E-state index is 12.9. The average molecular weight is 385 g/mol. The molecule has 27 heavy (non-hydrogen) atoms. The molecule has 1 aliphatic rings. The van der Waals surface area contributed by atoms with Crippen molar-refractivity contribution in [3.8, 4) is 0 Å². The van der Waals surface area contributed by atoms with Gasteiger partial charge in [-0.25, -0.2) is 4.98 Å². The van der Waals surface area contributed by atoms with E-state index in [1.807, 2.05) is 11.8 Å². The SMILES string of the molecule is COC(C)c1noc(CN2CCCN(c3cc(C(F)(F)F)ccn3)CC2)n1. The molecule has 7 nitrogen and oxygen atoms in total. The molecule has 0 N–H and O–H groups in total. The van der Waals surface area contributed by atoms with Crippen molar-refractivity contribution in [3.05, 3.63) is 35.6 Å². The monoisotopic (exact) mass is 385 g/mol. The molecule has 1 atom stereocenters. The molecule has 148 valence electrons. The minimum absolute atomic E-state index is 0.242. The maximum absolute atomic E-state index is 12.9. The zero-order valence-corrected chi connectivity index (χ0v) is 15.2. The van der Waals surface area contributed by atoms with Crippen molar-refractivity contribution in [1.29, 1.82) is 0 Å². The molecule has 0 aromatic carbocycles. The van der Waals surface area contributed by atoms with Gasteiger partial charge >= 0.3 is 6.18 Å². The number of pyridine rings is 1. The van der Waals surface area contributed by atoms with Crippen molar-refractivity contribution in [3.63, 3.8) is 0 Å². The maximum Gasteiger partial charge on any atom is 0.416 e. The molecule has 1 saturated heterocycles. The van der Waals surface area contributed by atoms with Crippen LogP contribution < -0.4 is 4.90 Å². The first-order valence-corrected chi connectivity index (χ1v) is 8.72. The summed E-state index contributed by atoms with van der Waals surface area (Å²) >= 11 is 0. The molecule has 2 aromatic heterocycles. The fraction of sp³-hybridized carbons (Fsp3) is 0.588. The number of anilines is 1. The van der Waals surface area contributed by atoms with Crippen molar-refractivity contribution >= 4 is 5.82 Å². The molecule has 0 saturated carbocycles. The Balaban J connectivity index is 1.61. The van der Waals surface area contributed by atoms with Gasteiger partial charge in [-0.15, -0.1) is 0 Å². The summed E-state index contributed by atoms with van der Waals surface area (Å²) < 4.78 is 49.2. The van der Waals surface area contributed by atoms with Crippen LogP contribution in [-0.2, 0) is 17.5 Å². The Morgan fingerprint density at radius 2 is 2.07 bits per heavy atom. The Morgan fingerprint density at radius 3 is 2.81 bits per heavy atom. The topological polar surface area (TPSA) is 67.5 Å². The lowest BCUT2D eigenvalue weighted by molar-refractivity contribution is -0.137. The highest BCUT2D eigenvalue weighted by Crippen LogP contribution is 2.31. The first kappa shape index (κ1) is 19.6. The summed E-state index contributed by atoms with van der Waals surface area (Å²) in [6, 6.07) is 2.09. The van der Waals surface area contributed by atoms with E-state index in [4.69, 9.17) is 9.26 Å². The molecule has 0 amide bonds. The Morgan fingerprint density at radius 1 is 1.26 bits per heavy atom. The van der Waals surface area contributed by atoms with E-state index in [2.05, 4.69) is 20.0 Å². The summed E-state index contributed by atoms with van der Waals surface area (Å²) in [4.78, 5) is 12.5. The molecule has 1 fully saturated rings. The lowest BCUT2D eigenvalue weighted by Crippen LogP contribution is -2.31. The summed E-state index contributed by atoms with van der Waals surface area (Å²) in [5.41, 5.74) is -0.681. The number of methoxy groups -OCH3 is 1. The Kier molecular flexibility index (Phi) is 5.95. The van der Waals surface area contributed by atoms with Crippen LogP contribution in [0.4, 0.5) is 19.0 Å². The summed E-state index contributed by atoms with van der Waals surface area (Å²) in [6.07, 6.45) is -2.61. The molecule has 0 bridgehead atoms. The number of alkyl halides is 3. The van der Waals surface area contributed by atoms with E-state index in [1.54, 1.807) is 7.11 Å². The van der Waals surface area contributed by atoms with Gasteiger partial charge in [-0.1, -0.05) is 5.16 Å². The predicted molar refractivity (Wildman–Crippen MR) is 91.1 cm³/mol. The Bertz CT molecular complexity index is 752. The number of nitrogens with zero attached hydrogens (tertiary/aromatic N) is 5. The van der Waals surface area contributed by atoms with E-state index in [0.717, 1.165) is 25.1 Å². The summed E-state index contributed by atoms with van der Waals surface area (Å²) in [7, 11) is 1.58. The first-order valence-electron chi connectivity index (χ1n) is 8.72. The van der Waals surface area contributed by atoms with Crippen molar-refractivity contribution < 1.29 is 22.4 Å². The normalized spacial score (nSPS) is 17.7. The summed E-state index contributed by atoms with van der Waals surface area (Å²) in [5.74, 6) is 1.34. The third-order valence-electron chi connectivity index (χ3n) is 4.55. The van der Waals surface area contributed by atoms with E-state index in [9.17, 15) is 13.2 Å². The van der Waals surface area contributed by atoms with Crippen LogP contribution >= 0.6 is 0 Å². The minimum atomic E-state index is -4.37. The van der Waals surface area contributed by atoms with E-state index in [1.165, 1.54) is 6.20 Å². The molecule has 3 heterocycles. The summed E-state index contributed by atoms with van der Waals surface area (Å²) in [5, 5.41) is 3.91. The van der Waals surface area contributed by atoms with Gasteiger partial charge in [0.15, 0.2) is 5.82 Å². The molecule has 10 heteroatoms. The number of hydrogen-bond donors (Lipinski definition) is 0. The zero-order chi connectivity index (χ0) is 19.4. The van der Waals surface area contributed by atoms with Crippen LogP contribution in [-0.4, -0.2) is 53.3 Å². The van der Waals surface area contributed by atoms with Gasteiger partial charge in [0.05, 0.1) is 12.1 Å². The average Bonchev–Trinajstić information content (AvgIpc) is 2.98. The Hall–Kier alpha value is -2.20. The quantitative estimate of drug-likeness (QED) is 0.784. The standard InChI is InChI=1S/C17H22F3N5O2/c1-12(26-2)16-22-15(27-23-16)11-24-6-3-7-25(9-8-24)14-10-13(4-5-21-14)17(18,19)20/h4-5,10,12H,3,6-9,11H2,1-2H3. The van der Waals surface area contributed by atoms with Crippen LogP contribution in [0.3, 0.4) is 0 Å². The van der Waals surface area contributed by atoms with Crippen molar-refractivity contribution in [2.75, 3.05) is 38.2 Å². The highest BCUT2D eigenvalue weighted by Gasteiger charge is 2.31. The molecular weight excluding hydrogens is 363 g/mol. The van der Waals surface area contributed by atoms with Crippen LogP contribution in [0.5, 0.6) is 0 Å². The highest BCUT2D eigenvalue weighted by atomic mass is 19.4. The number of ether oxygens (including phenoxy) is 1. The minimum Gasteiger partial charge on any atom is -0.374 e. The molecule has 0 spiro atoms. The van der Waals surface area contributed by atoms with Crippen LogP contribution in [0.25, 0.3) is 0 Å². The zero-order valence-electron chi connectivity index (χ0n) is 15.2. The van der Waals surface area contributed by atoms with E-state index in [-0.39, 0.29) is 6.10 Å². The third kappa shape index (κ3) is 4.95. The first-order chi connectivity index (χ1) is 12.9. The van der Waals surface area contributed by atoms with Gasteiger partial charge in [0, 0.05) is 39.5 Å². The van der Waals surface area contributed by atoms with Crippen LogP contribution in [0, 0.1) is 0 Å². The van der Waals surface area contributed by atoms with Gasteiger partial charge < -0.3 is 14.2 Å². The molecule has 3 rings (SSSR count). The van der Waals surface area contributed by atoms with Gasteiger partial charge in [-0.2, -0.15) is 18.2 Å². The predicted octanol–water partition coefficient (Wildman–Crippen LogP) is 2.90. The van der Waals surface area contributed by atoms with Crippen LogP contribution in [0.15, 0.2) is 22.9 Å². The van der Waals surface area contributed by atoms with Gasteiger partial charge in [-0.05, 0) is 25.5 Å². The van der Waals surface area contributed by atoms with E-state index >= 15 is 0 Å². The highest BCUT2D eigenvalue weighted by molar-refractivity contribution is 5.42. The van der Waals surface area contributed by atoms with Crippen LogP contribution in [0.2, 0.25) is 0 Å². The van der Waals surface area contributed by atoms with Gasteiger partial charge in [0.1, 0.15) is 11.9 Å². The van der Waals surface area contributed by atoms with Crippen LogP contribution in [0.1, 0.15) is 36.7 Å².